The van der Waals surface area contributed by atoms with Gasteiger partial charge in [-0.05, 0) is 6.92 Å². The maximum absolute atomic E-state index is 11.6. The first-order valence-electron chi connectivity index (χ1n) is 5.14. The zero-order valence-electron chi connectivity index (χ0n) is 9.06. The largest absolute Gasteiger partial charge is 0.376 e. The summed E-state index contributed by atoms with van der Waals surface area (Å²) in [6.07, 6.45) is -0.477. The number of hydrogen-bond donors (Lipinski definition) is 1. The van der Waals surface area contributed by atoms with Crippen LogP contribution in [0.2, 0.25) is 0 Å². The maximum atomic E-state index is 11.6. The molecule has 1 saturated heterocycles. The molecular formula is C10H14N2O3S. The van der Waals surface area contributed by atoms with E-state index in [1.807, 2.05) is 12.3 Å². The van der Waals surface area contributed by atoms with Crippen molar-refractivity contribution in [1.82, 2.24) is 10.3 Å². The monoisotopic (exact) mass is 242 g/mol. The predicted octanol–water partition coefficient (Wildman–Crippen LogP) is 0.483. The van der Waals surface area contributed by atoms with Gasteiger partial charge in [0.25, 0.3) is 5.91 Å². The van der Waals surface area contributed by atoms with E-state index in [4.69, 9.17) is 9.47 Å². The summed E-state index contributed by atoms with van der Waals surface area (Å²) in [6.45, 7) is 3.77. The molecule has 1 aliphatic heterocycles. The van der Waals surface area contributed by atoms with Gasteiger partial charge in [0.05, 0.1) is 26.4 Å². The molecule has 1 amide bonds. The van der Waals surface area contributed by atoms with E-state index < -0.39 is 6.10 Å². The second-order valence-electron chi connectivity index (χ2n) is 3.53. The molecule has 88 valence electrons. The van der Waals surface area contributed by atoms with Crippen molar-refractivity contribution in [3.8, 4) is 0 Å². The molecule has 1 aromatic heterocycles. The number of aromatic nitrogens is 1. The van der Waals surface area contributed by atoms with Gasteiger partial charge in [0.1, 0.15) is 5.01 Å². The number of ether oxygens (including phenoxy) is 2. The fraction of sp³-hybridized carbons (Fsp3) is 0.600. The lowest BCUT2D eigenvalue weighted by atomic mass is 10.3. The lowest BCUT2D eigenvalue weighted by Gasteiger charge is -2.21. The second kappa shape index (κ2) is 5.38. The van der Waals surface area contributed by atoms with Gasteiger partial charge < -0.3 is 14.8 Å². The molecule has 1 N–H and O–H groups in total. The molecule has 0 radical (unpaired) electrons. The molecule has 2 heterocycles. The van der Waals surface area contributed by atoms with Crippen LogP contribution in [0.1, 0.15) is 10.7 Å². The summed E-state index contributed by atoms with van der Waals surface area (Å²) in [7, 11) is 0. The fourth-order valence-corrected chi connectivity index (χ4v) is 2.11. The molecule has 0 saturated carbocycles. The third-order valence-corrected chi connectivity index (χ3v) is 3.16. The van der Waals surface area contributed by atoms with E-state index in [9.17, 15) is 4.79 Å². The molecule has 0 spiro atoms. The van der Waals surface area contributed by atoms with Crippen molar-refractivity contribution in [2.45, 2.75) is 19.6 Å². The predicted molar refractivity (Wildman–Crippen MR) is 59.3 cm³/mol. The van der Waals surface area contributed by atoms with Crippen molar-refractivity contribution >= 4 is 17.2 Å². The van der Waals surface area contributed by atoms with Crippen molar-refractivity contribution in [2.75, 3.05) is 19.8 Å². The number of amides is 1. The molecular weight excluding hydrogens is 228 g/mol. The summed E-state index contributed by atoms with van der Waals surface area (Å²) >= 11 is 1.54. The Balaban J connectivity index is 1.78. The van der Waals surface area contributed by atoms with Gasteiger partial charge in [0, 0.05) is 11.1 Å². The van der Waals surface area contributed by atoms with E-state index in [-0.39, 0.29) is 5.91 Å². The molecule has 0 aromatic carbocycles. The Kier molecular flexibility index (Phi) is 3.87. The van der Waals surface area contributed by atoms with Crippen LogP contribution in [-0.4, -0.2) is 36.8 Å². The molecule has 2 rings (SSSR count). The smallest absolute Gasteiger partial charge is 0.251 e. The molecule has 1 aromatic rings. The van der Waals surface area contributed by atoms with Crippen molar-refractivity contribution in [3.63, 3.8) is 0 Å². The summed E-state index contributed by atoms with van der Waals surface area (Å²) in [5, 5.41) is 5.65. The zero-order valence-corrected chi connectivity index (χ0v) is 9.88. The van der Waals surface area contributed by atoms with Gasteiger partial charge in [0.2, 0.25) is 0 Å². The van der Waals surface area contributed by atoms with Crippen molar-refractivity contribution in [1.29, 1.82) is 0 Å². The van der Waals surface area contributed by atoms with Crippen molar-refractivity contribution in [2.24, 2.45) is 0 Å². The van der Waals surface area contributed by atoms with Gasteiger partial charge in [-0.2, -0.15) is 0 Å². The Bertz CT molecular complexity index is 361. The third kappa shape index (κ3) is 3.01. The minimum atomic E-state index is -0.477. The van der Waals surface area contributed by atoms with Crippen molar-refractivity contribution < 1.29 is 14.3 Å². The topological polar surface area (TPSA) is 60.5 Å². The number of rotatable bonds is 3. The van der Waals surface area contributed by atoms with E-state index in [1.54, 1.807) is 11.3 Å². The van der Waals surface area contributed by atoms with Gasteiger partial charge in [-0.1, -0.05) is 0 Å². The molecule has 1 unspecified atom stereocenters. The van der Waals surface area contributed by atoms with Gasteiger partial charge in [-0.15, -0.1) is 11.3 Å². The highest BCUT2D eigenvalue weighted by molar-refractivity contribution is 7.09. The summed E-state index contributed by atoms with van der Waals surface area (Å²) < 4.78 is 10.4. The van der Waals surface area contributed by atoms with E-state index in [2.05, 4.69) is 10.3 Å². The normalized spacial score (nSPS) is 20.7. The van der Waals surface area contributed by atoms with Crippen molar-refractivity contribution in [3.05, 3.63) is 16.1 Å². The molecule has 1 fully saturated rings. The second-order valence-corrected chi connectivity index (χ2v) is 4.48. The zero-order chi connectivity index (χ0) is 11.4. The Morgan fingerprint density at radius 3 is 3.19 bits per heavy atom. The number of carbonyl (C=O) groups is 1. The average Bonchev–Trinajstić information content (AvgIpc) is 2.73. The lowest BCUT2D eigenvalue weighted by Crippen LogP contribution is -2.42. The van der Waals surface area contributed by atoms with Crippen LogP contribution in [0.25, 0.3) is 0 Å². The number of thiazole rings is 1. The maximum Gasteiger partial charge on any atom is 0.251 e. The standard InChI is InChI=1S/C10H14N2O3S/c1-7-6-16-9(12-7)4-11-10(13)8-5-14-2-3-15-8/h6,8H,2-5H2,1H3,(H,11,13). The van der Waals surface area contributed by atoms with Crippen LogP contribution in [0.5, 0.6) is 0 Å². The van der Waals surface area contributed by atoms with Gasteiger partial charge >= 0.3 is 0 Å². The van der Waals surface area contributed by atoms with Gasteiger partial charge in [-0.25, -0.2) is 4.98 Å². The number of nitrogens with zero attached hydrogens (tertiary/aromatic N) is 1. The summed E-state index contributed by atoms with van der Waals surface area (Å²) in [5.41, 5.74) is 0.978. The Morgan fingerprint density at radius 1 is 1.69 bits per heavy atom. The highest BCUT2D eigenvalue weighted by Gasteiger charge is 2.22. The third-order valence-electron chi connectivity index (χ3n) is 2.19. The van der Waals surface area contributed by atoms with Crippen LogP contribution in [0, 0.1) is 6.92 Å². The van der Waals surface area contributed by atoms with Crippen LogP contribution in [0.3, 0.4) is 0 Å². The first-order chi connectivity index (χ1) is 7.75. The Labute approximate surface area is 97.8 Å². The molecule has 0 aliphatic carbocycles. The first kappa shape index (κ1) is 11.5. The highest BCUT2D eigenvalue weighted by atomic mass is 32.1. The van der Waals surface area contributed by atoms with E-state index >= 15 is 0 Å². The summed E-state index contributed by atoms with van der Waals surface area (Å²) in [5.74, 6) is -0.132. The van der Waals surface area contributed by atoms with E-state index in [1.165, 1.54) is 0 Å². The van der Waals surface area contributed by atoms with E-state index in [0.717, 1.165) is 10.7 Å². The summed E-state index contributed by atoms with van der Waals surface area (Å²) in [6, 6.07) is 0. The minimum Gasteiger partial charge on any atom is -0.376 e. The molecule has 5 nitrogen and oxygen atoms in total. The van der Waals surface area contributed by atoms with Gasteiger partial charge in [-0.3, -0.25) is 4.79 Å². The average molecular weight is 242 g/mol. The first-order valence-corrected chi connectivity index (χ1v) is 6.02. The number of aryl methyl sites for hydroxylation is 1. The SMILES string of the molecule is Cc1csc(CNC(=O)C2COCCO2)n1. The number of nitrogens with one attached hydrogen (secondary N) is 1. The quantitative estimate of drug-likeness (QED) is 0.837. The fourth-order valence-electron chi connectivity index (χ4n) is 1.40. The van der Waals surface area contributed by atoms with Crippen LogP contribution < -0.4 is 5.32 Å². The number of hydrogen-bond acceptors (Lipinski definition) is 5. The Hall–Kier alpha value is -0.980. The highest BCUT2D eigenvalue weighted by Crippen LogP contribution is 2.08. The van der Waals surface area contributed by atoms with Crippen LogP contribution in [0.4, 0.5) is 0 Å². The molecule has 16 heavy (non-hydrogen) atoms. The van der Waals surface area contributed by atoms with Crippen LogP contribution >= 0.6 is 11.3 Å². The van der Waals surface area contributed by atoms with Crippen LogP contribution in [-0.2, 0) is 20.8 Å². The van der Waals surface area contributed by atoms with Crippen LogP contribution in [0.15, 0.2) is 5.38 Å². The summed E-state index contributed by atoms with van der Waals surface area (Å²) in [4.78, 5) is 15.9. The molecule has 1 aliphatic rings. The lowest BCUT2D eigenvalue weighted by molar-refractivity contribution is -0.147. The molecule has 0 bridgehead atoms. The minimum absolute atomic E-state index is 0.132. The number of carbonyl (C=O) groups excluding carboxylic acids is 1. The van der Waals surface area contributed by atoms with Gasteiger partial charge in [0.15, 0.2) is 6.10 Å². The molecule has 1 atom stereocenters. The Morgan fingerprint density at radius 2 is 2.56 bits per heavy atom. The van der Waals surface area contributed by atoms with E-state index in [0.29, 0.717) is 26.4 Å². The molecule has 6 heteroatoms.